The fourth-order valence-corrected chi connectivity index (χ4v) is 3.15. The molecule has 3 rings (SSSR count). The number of carbonyl (C=O) groups is 1. The third-order valence-electron chi connectivity index (χ3n) is 4.66. The highest BCUT2D eigenvalue weighted by atomic mass is 16.5. The van der Waals surface area contributed by atoms with Gasteiger partial charge in [-0.25, -0.2) is 0 Å². The van der Waals surface area contributed by atoms with E-state index in [-0.39, 0.29) is 11.9 Å². The number of para-hydroxylation sites is 1. The molecule has 0 spiro atoms. The number of hydrogen-bond donors (Lipinski definition) is 0. The van der Waals surface area contributed by atoms with Crippen molar-refractivity contribution in [1.82, 2.24) is 4.90 Å². The van der Waals surface area contributed by atoms with Gasteiger partial charge in [0.1, 0.15) is 5.75 Å². The molecule has 0 N–H and O–H groups in total. The molecule has 0 bridgehead atoms. The molecule has 0 aliphatic heterocycles. The summed E-state index contributed by atoms with van der Waals surface area (Å²) in [6.07, 6.45) is 2.01. The molecule has 0 heterocycles. The number of benzene rings is 2. The molecule has 27 heavy (non-hydrogen) atoms. The number of amides is 1. The van der Waals surface area contributed by atoms with Gasteiger partial charge < -0.3 is 23.8 Å². The first kappa shape index (κ1) is 18.9. The first-order valence-electron chi connectivity index (χ1n) is 8.85. The normalized spacial score (nSPS) is 13.0. The van der Waals surface area contributed by atoms with Crippen LogP contribution in [0.3, 0.4) is 0 Å². The van der Waals surface area contributed by atoms with Gasteiger partial charge in [-0.05, 0) is 42.7 Å². The summed E-state index contributed by atoms with van der Waals surface area (Å²) < 4.78 is 21.6. The van der Waals surface area contributed by atoms with Gasteiger partial charge in [-0.15, -0.1) is 0 Å². The van der Waals surface area contributed by atoms with E-state index in [1.807, 2.05) is 29.2 Å². The molecular formula is C21H25NO5. The van der Waals surface area contributed by atoms with Crippen LogP contribution in [0.25, 0.3) is 0 Å². The van der Waals surface area contributed by atoms with Crippen LogP contribution in [0.4, 0.5) is 0 Å². The van der Waals surface area contributed by atoms with Crippen LogP contribution in [0.2, 0.25) is 0 Å². The second-order valence-electron chi connectivity index (χ2n) is 6.40. The lowest BCUT2D eigenvalue weighted by Crippen LogP contribution is -2.32. The van der Waals surface area contributed by atoms with Gasteiger partial charge in [0.2, 0.25) is 5.75 Å². The van der Waals surface area contributed by atoms with E-state index in [0.717, 1.165) is 18.4 Å². The van der Waals surface area contributed by atoms with Gasteiger partial charge in [-0.1, -0.05) is 12.1 Å². The van der Waals surface area contributed by atoms with Crippen LogP contribution < -0.4 is 18.9 Å². The van der Waals surface area contributed by atoms with Gasteiger partial charge >= 0.3 is 0 Å². The molecule has 0 radical (unpaired) electrons. The second-order valence-corrected chi connectivity index (χ2v) is 6.40. The van der Waals surface area contributed by atoms with Crippen molar-refractivity contribution in [1.29, 1.82) is 0 Å². The summed E-state index contributed by atoms with van der Waals surface area (Å²) in [6.45, 7) is 0.457. The quantitative estimate of drug-likeness (QED) is 0.711. The van der Waals surface area contributed by atoms with E-state index in [1.165, 1.54) is 0 Å². The van der Waals surface area contributed by atoms with Crippen molar-refractivity contribution < 1.29 is 23.7 Å². The Morgan fingerprint density at radius 2 is 1.52 bits per heavy atom. The molecule has 1 fully saturated rings. The molecule has 1 aliphatic carbocycles. The molecular weight excluding hydrogens is 346 g/mol. The van der Waals surface area contributed by atoms with Crippen molar-refractivity contribution in [2.45, 2.75) is 25.4 Å². The summed E-state index contributed by atoms with van der Waals surface area (Å²) in [4.78, 5) is 15.1. The lowest BCUT2D eigenvalue weighted by atomic mass is 10.1. The zero-order valence-corrected chi connectivity index (χ0v) is 16.2. The van der Waals surface area contributed by atoms with E-state index in [2.05, 4.69) is 0 Å². The fraction of sp³-hybridized carbons (Fsp3) is 0.381. The molecule has 1 amide bonds. The van der Waals surface area contributed by atoms with Crippen molar-refractivity contribution in [2.24, 2.45) is 0 Å². The SMILES string of the molecule is COc1ccccc1C(=O)N(Cc1cc(OC)c(OC)c(OC)c1)C1CC1. The predicted octanol–water partition coefficient (Wildman–Crippen LogP) is 3.53. The zero-order chi connectivity index (χ0) is 19.4. The van der Waals surface area contributed by atoms with Crippen LogP contribution in [0.15, 0.2) is 36.4 Å². The van der Waals surface area contributed by atoms with Crippen molar-refractivity contribution in [2.75, 3.05) is 28.4 Å². The Balaban J connectivity index is 1.92. The van der Waals surface area contributed by atoms with Crippen molar-refractivity contribution >= 4 is 5.91 Å². The van der Waals surface area contributed by atoms with Gasteiger partial charge in [0.15, 0.2) is 11.5 Å². The molecule has 0 unspecified atom stereocenters. The fourth-order valence-electron chi connectivity index (χ4n) is 3.15. The minimum absolute atomic E-state index is 0.0382. The smallest absolute Gasteiger partial charge is 0.258 e. The third kappa shape index (κ3) is 3.94. The highest BCUT2D eigenvalue weighted by molar-refractivity contribution is 5.97. The minimum atomic E-state index is -0.0382. The van der Waals surface area contributed by atoms with Crippen LogP contribution in [-0.4, -0.2) is 45.3 Å². The van der Waals surface area contributed by atoms with Crippen molar-refractivity contribution in [3.05, 3.63) is 47.5 Å². The Kier molecular flexibility index (Phi) is 5.74. The predicted molar refractivity (Wildman–Crippen MR) is 102 cm³/mol. The Morgan fingerprint density at radius 1 is 0.926 bits per heavy atom. The minimum Gasteiger partial charge on any atom is -0.496 e. The number of methoxy groups -OCH3 is 4. The van der Waals surface area contributed by atoms with Crippen LogP contribution in [0, 0.1) is 0 Å². The summed E-state index contributed by atoms with van der Waals surface area (Å²) in [5.74, 6) is 2.24. The maximum atomic E-state index is 13.2. The number of hydrogen-bond acceptors (Lipinski definition) is 5. The van der Waals surface area contributed by atoms with E-state index in [4.69, 9.17) is 18.9 Å². The lowest BCUT2D eigenvalue weighted by molar-refractivity contribution is 0.0726. The Morgan fingerprint density at radius 3 is 2.04 bits per heavy atom. The van der Waals surface area contributed by atoms with Gasteiger partial charge in [-0.3, -0.25) is 4.79 Å². The molecule has 0 atom stereocenters. The highest BCUT2D eigenvalue weighted by Gasteiger charge is 2.34. The van der Waals surface area contributed by atoms with Gasteiger partial charge in [0.25, 0.3) is 5.91 Å². The molecule has 2 aromatic carbocycles. The summed E-state index contributed by atoms with van der Waals surface area (Å²) in [5, 5.41) is 0. The standard InChI is InChI=1S/C21H25NO5/c1-24-17-8-6-5-7-16(17)21(23)22(15-9-10-15)13-14-11-18(25-2)20(27-4)19(12-14)26-3/h5-8,11-12,15H,9-10,13H2,1-4H3. The van der Waals surface area contributed by atoms with Gasteiger partial charge in [0, 0.05) is 12.6 Å². The van der Waals surface area contributed by atoms with Crippen LogP contribution in [-0.2, 0) is 6.54 Å². The van der Waals surface area contributed by atoms with E-state index >= 15 is 0 Å². The van der Waals surface area contributed by atoms with Crippen LogP contribution in [0.1, 0.15) is 28.8 Å². The van der Waals surface area contributed by atoms with E-state index in [0.29, 0.717) is 35.1 Å². The molecule has 1 aliphatic rings. The average molecular weight is 371 g/mol. The summed E-state index contributed by atoms with van der Waals surface area (Å²) in [5.41, 5.74) is 1.49. The van der Waals surface area contributed by atoms with E-state index in [1.54, 1.807) is 40.6 Å². The Bertz CT molecular complexity index is 791. The van der Waals surface area contributed by atoms with Crippen molar-refractivity contribution in [3.63, 3.8) is 0 Å². The first-order chi connectivity index (χ1) is 13.1. The molecule has 2 aromatic rings. The monoisotopic (exact) mass is 371 g/mol. The molecule has 6 nitrogen and oxygen atoms in total. The summed E-state index contributed by atoms with van der Waals surface area (Å²) in [6, 6.07) is 11.3. The van der Waals surface area contributed by atoms with E-state index < -0.39 is 0 Å². The molecule has 0 saturated heterocycles. The zero-order valence-electron chi connectivity index (χ0n) is 16.2. The van der Waals surface area contributed by atoms with Crippen molar-refractivity contribution in [3.8, 4) is 23.0 Å². The molecule has 6 heteroatoms. The lowest BCUT2D eigenvalue weighted by Gasteiger charge is -2.24. The first-order valence-corrected chi connectivity index (χ1v) is 8.85. The Hall–Kier alpha value is -2.89. The van der Waals surface area contributed by atoms with Crippen LogP contribution >= 0.6 is 0 Å². The van der Waals surface area contributed by atoms with Gasteiger partial charge in [0.05, 0.1) is 34.0 Å². The second kappa shape index (κ2) is 8.20. The maximum absolute atomic E-state index is 13.2. The largest absolute Gasteiger partial charge is 0.496 e. The molecule has 144 valence electrons. The molecule has 1 saturated carbocycles. The summed E-state index contributed by atoms with van der Waals surface area (Å²) in [7, 11) is 6.31. The third-order valence-corrected chi connectivity index (χ3v) is 4.66. The topological polar surface area (TPSA) is 57.2 Å². The average Bonchev–Trinajstić information content (AvgIpc) is 3.55. The number of nitrogens with zero attached hydrogens (tertiary/aromatic N) is 1. The van der Waals surface area contributed by atoms with E-state index in [9.17, 15) is 4.79 Å². The number of carbonyl (C=O) groups excluding carboxylic acids is 1. The summed E-state index contributed by atoms with van der Waals surface area (Å²) >= 11 is 0. The Labute approximate surface area is 159 Å². The number of ether oxygens (including phenoxy) is 4. The molecule has 0 aromatic heterocycles. The van der Waals surface area contributed by atoms with Crippen LogP contribution in [0.5, 0.6) is 23.0 Å². The maximum Gasteiger partial charge on any atom is 0.258 e. The highest BCUT2D eigenvalue weighted by Crippen LogP contribution is 2.39. The van der Waals surface area contributed by atoms with Gasteiger partial charge in [-0.2, -0.15) is 0 Å². The number of rotatable bonds is 8.